The Morgan fingerprint density at radius 3 is 2.34 bits per heavy atom. The van der Waals surface area contributed by atoms with Crippen molar-refractivity contribution >= 4 is 29.3 Å². The van der Waals surface area contributed by atoms with Crippen LogP contribution in [-0.4, -0.2) is 41.4 Å². The maximum atomic E-state index is 13.2. The number of anilines is 2. The molecule has 0 saturated carbocycles. The van der Waals surface area contributed by atoms with Crippen LogP contribution < -0.4 is 10.2 Å². The minimum absolute atomic E-state index is 0.323. The van der Waals surface area contributed by atoms with Gasteiger partial charge in [0.25, 0.3) is 5.91 Å². The fraction of sp³-hybridized carbons (Fsp3) is 0.296. The lowest BCUT2D eigenvalue weighted by Gasteiger charge is -2.28. The van der Waals surface area contributed by atoms with Crippen LogP contribution in [0.15, 0.2) is 54.6 Å². The van der Waals surface area contributed by atoms with Gasteiger partial charge < -0.3 is 15.0 Å². The van der Waals surface area contributed by atoms with Crippen molar-refractivity contribution in [3.8, 4) is 5.69 Å². The molecule has 1 aromatic heterocycles. The van der Waals surface area contributed by atoms with E-state index in [1.54, 1.807) is 22.9 Å². The van der Waals surface area contributed by atoms with Crippen LogP contribution in [0.2, 0.25) is 0 Å². The van der Waals surface area contributed by atoms with Crippen molar-refractivity contribution < 1.29 is 18.7 Å². The molecular weight excluding hydrogens is 447 g/mol. The third-order valence-corrected chi connectivity index (χ3v) is 6.02. The number of nitrogens with zero attached hydrogens (tertiary/aromatic N) is 3. The van der Waals surface area contributed by atoms with E-state index < -0.39 is 11.9 Å². The molecule has 1 fully saturated rings. The molecule has 0 bridgehead atoms. The molecular formula is C27H29FN4O3. The SMILES string of the molecule is Cc1nn(-c2ccc(F)cc2)c(C)c1/C=C/C(=O)OCC(=O)Nc1ccc(N2CCCCC2)cc1. The Balaban J connectivity index is 1.29. The normalized spacial score (nSPS) is 13.7. The number of piperidine rings is 1. The van der Waals surface area contributed by atoms with E-state index in [4.69, 9.17) is 4.74 Å². The van der Waals surface area contributed by atoms with Gasteiger partial charge in [0.1, 0.15) is 5.82 Å². The Kier molecular flexibility index (Phi) is 7.60. The highest BCUT2D eigenvalue weighted by Crippen LogP contribution is 2.22. The van der Waals surface area contributed by atoms with E-state index in [1.165, 1.54) is 37.5 Å². The molecule has 0 spiro atoms. The summed E-state index contributed by atoms with van der Waals surface area (Å²) in [5.74, 6) is -1.36. The van der Waals surface area contributed by atoms with Gasteiger partial charge in [-0.15, -0.1) is 0 Å². The highest BCUT2D eigenvalue weighted by Gasteiger charge is 2.13. The van der Waals surface area contributed by atoms with Crippen LogP contribution >= 0.6 is 0 Å². The summed E-state index contributed by atoms with van der Waals surface area (Å²) in [5.41, 5.74) is 4.78. The van der Waals surface area contributed by atoms with Gasteiger partial charge in [-0.25, -0.2) is 13.9 Å². The Hall–Kier alpha value is -3.94. The van der Waals surface area contributed by atoms with Crippen molar-refractivity contribution in [1.29, 1.82) is 0 Å². The molecule has 3 aromatic rings. The maximum absolute atomic E-state index is 13.2. The van der Waals surface area contributed by atoms with Gasteiger partial charge in [0.15, 0.2) is 6.61 Å². The molecule has 2 aromatic carbocycles. The number of aromatic nitrogens is 2. The minimum atomic E-state index is -0.631. The van der Waals surface area contributed by atoms with Crippen LogP contribution in [0.25, 0.3) is 11.8 Å². The van der Waals surface area contributed by atoms with Crippen LogP contribution in [-0.2, 0) is 14.3 Å². The Morgan fingerprint density at radius 1 is 1.00 bits per heavy atom. The summed E-state index contributed by atoms with van der Waals surface area (Å²) in [4.78, 5) is 26.7. The van der Waals surface area contributed by atoms with Gasteiger partial charge >= 0.3 is 5.97 Å². The number of carbonyl (C=O) groups is 2. The van der Waals surface area contributed by atoms with Crippen LogP contribution in [0.1, 0.15) is 36.2 Å². The molecule has 4 rings (SSSR count). The average Bonchev–Trinajstić information content (AvgIpc) is 3.16. The summed E-state index contributed by atoms with van der Waals surface area (Å²) in [7, 11) is 0. The summed E-state index contributed by atoms with van der Waals surface area (Å²) < 4.78 is 20.0. The maximum Gasteiger partial charge on any atom is 0.331 e. The number of ether oxygens (including phenoxy) is 1. The third-order valence-electron chi connectivity index (χ3n) is 6.02. The number of hydrogen-bond donors (Lipinski definition) is 1. The first-order valence-corrected chi connectivity index (χ1v) is 11.7. The molecule has 0 aliphatic carbocycles. The number of amides is 1. The molecule has 182 valence electrons. The van der Waals surface area contributed by atoms with Gasteiger partial charge in [-0.3, -0.25) is 4.79 Å². The van der Waals surface area contributed by atoms with Gasteiger partial charge in [-0.2, -0.15) is 5.10 Å². The van der Waals surface area contributed by atoms with Crippen LogP contribution in [0, 0.1) is 19.7 Å². The van der Waals surface area contributed by atoms with E-state index in [0.717, 1.165) is 35.7 Å². The first-order valence-electron chi connectivity index (χ1n) is 11.7. The fourth-order valence-corrected chi connectivity index (χ4v) is 4.17. The summed E-state index contributed by atoms with van der Waals surface area (Å²) in [6, 6.07) is 13.7. The van der Waals surface area contributed by atoms with E-state index in [2.05, 4.69) is 15.3 Å². The standard InChI is InChI=1S/C27H29FN4O3/c1-19-25(20(2)32(30-19)24-10-6-21(28)7-11-24)14-15-27(34)35-18-26(33)29-22-8-12-23(13-9-22)31-16-4-3-5-17-31/h6-15H,3-5,16-18H2,1-2H3,(H,29,33)/b15-14+. The fourth-order valence-electron chi connectivity index (χ4n) is 4.17. The van der Waals surface area contributed by atoms with Gasteiger partial charge in [0.2, 0.25) is 0 Å². The molecule has 1 amide bonds. The third kappa shape index (κ3) is 6.15. The minimum Gasteiger partial charge on any atom is -0.452 e. The molecule has 7 nitrogen and oxygen atoms in total. The molecule has 8 heteroatoms. The Labute approximate surface area is 204 Å². The van der Waals surface area contributed by atoms with E-state index >= 15 is 0 Å². The van der Waals surface area contributed by atoms with Crippen molar-refractivity contribution in [3.05, 3.63) is 77.4 Å². The molecule has 0 unspecified atom stereocenters. The quantitative estimate of drug-likeness (QED) is 0.391. The predicted molar refractivity (Wildman–Crippen MR) is 134 cm³/mol. The number of carbonyl (C=O) groups excluding carboxylic acids is 2. The van der Waals surface area contributed by atoms with Crippen LogP contribution in [0.4, 0.5) is 15.8 Å². The highest BCUT2D eigenvalue weighted by molar-refractivity contribution is 5.94. The topological polar surface area (TPSA) is 76.5 Å². The molecule has 35 heavy (non-hydrogen) atoms. The predicted octanol–water partition coefficient (Wildman–Crippen LogP) is 4.81. The number of benzene rings is 2. The second-order valence-corrected chi connectivity index (χ2v) is 8.56. The lowest BCUT2D eigenvalue weighted by atomic mass is 10.1. The van der Waals surface area contributed by atoms with Gasteiger partial charge in [-0.05, 0) is 87.7 Å². The smallest absolute Gasteiger partial charge is 0.331 e. The summed E-state index contributed by atoms with van der Waals surface area (Å²) in [6.07, 6.45) is 6.56. The molecule has 1 aliphatic heterocycles. The lowest BCUT2D eigenvalue weighted by molar-refractivity contribution is -0.142. The van der Waals surface area contributed by atoms with Gasteiger partial charge in [0, 0.05) is 41.8 Å². The molecule has 0 radical (unpaired) electrons. The van der Waals surface area contributed by atoms with Crippen molar-refractivity contribution in [3.63, 3.8) is 0 Å². The molecule has 1 aliphatic rings. The first kappa shape index (κ1) is 24.2. The van der Waals surface area contributed by atoms with Gasteiger partial charge in [-0.1, -0.05) is 0 Å². The second kappa shape index (κ2) is 11.0. The number of rotatable bonds is 7. The van der Waals surface area contributed by atoms with E-state index in [-0.39, 0.29) is 12.4 Å². The van der Waals surface area contributed by atoms with Crippen molar-refractivity contribution in [2.45, 2.75) is 33.1 Å². The van der Waals surface area contributed by atoms with E-state index in [0.29, 0.717) is 11.4 Å². The van der Waals surface area contributed by atoms with E-state index in [1.807, 2.05) is 38.1 Å². The molecule has 1 N–H and O–H groups in total. The first-order chi connectivity index (χ1) is 16.9. The van der Waals surface area contributed by atoms with Crippen LogP contribution in [0.5, 0.6) is 0 Å². The summed E-state index contributed by atoms with van der Waals surface area (Å²) in [6.45, 7) is 5.41. The Bertz CT molecular complexity index is 1210. The summed E-state index contributed by atoms with van der Waals surface area (Å²) >= 11 is 0. The zero-order valence-corrected chi connectivity index (χ0v) is 20.0. The zero-order chi connectivity index (χ0) is 24.8. The van der Waals surface area contributed by atoms with E-state index in [9.17, 15) is 14.0 Å². The molecule has 1 saturated heterocycles. The number of nitrogens with one attached hydrogen (secondary N) is 1. The summed E-state index contributed by atoms with van der Waals surface area (Å²) in [5, 5.41) is 7.21. The molecule has 2 heterocycles. The zero-order valence-electron chi connectivity index (χ0n) is 20.0. The number of hydrogen-bond acceptors (Lipinski definition) is 5. The Morgan fingerprint density at radius 2 is 1.66 bits per heavy atom. The van der Waals surface area contributed by atoms with Crippen molar-refractivity contribution in [2.24, 2.45) is 0 Å². The van der Waals surface area contributed by atoms with Crippen molar-refractivity contribution in [2.75, 3.05) is 29.9 Å². The van der Waals surface area contributed by atoms with Gasteiger partial charge in [0.05, 0.1) is 11.4 Å². The lowest BCUT2D eigenvalue weighted by Crippen LogP contribution is -2.29. The number of halogens is 1. The average molecular weight is 477 g/mol. The number of aryl methyl sites for hydroxylation is 1. The van der Waals surface area contributed by atoms with Crippen molar-refractivity contribution in [1.82, 2.24) is 9.78 Å². The second-order valence-electron chi connectivity index (χ2n) is 8.56. The largest absolute Gasteiger partial charge is 0.452 e. The number of esters is 1. The highest BCUT2D eigenvalue weighted by atomic mass is 19.1. The van der Waals surface area contributed by atoms with Crippen LogP contribution in [0.3, 0.4) is 0 Å². The molecule has 0 atom stereocenters. The monoisotopic (exact) mass is 476 g/mol.